The van der Waals surface area contributed by atoms with Gasteiger partial charge >= 0.3 is 0 Å². The van der Waals surface area contributed by atoms with Gasteiger partial charge in [0.2, 0.25) is 0 Å². The van der Waals surface area contributed by atoms with Crippen LogP contribution < -0.4 is 5.56 Å². The molecule has 1 heterocycles. The molecule has 82 valence electrons. The number of H-pyrrole nitrogens is 1. The number of hydrogen-bond acceptors (Lipinski definition) is 2. The molecule has 1 aliphatic carbocycles. The third-order valence-electron chi connectivity index (χ3n) is 3.02. The summed E-state index contributed by atoms with van der Waals surface area (Å²) in [5, 5.41) is 1.78. The highest BCUT2D eigenvalue weighted by atomic mass is 35.7. The van der Waals surface area contributed by atoms with Gasteiger partial charge in [-0.2, -0.15) is 0 Å². The third-order valence-corrected chi connectivity index (χ3v) is 4.02. The first-order valence-electron chi connectivity index (χ1n) is 5.24. The summed E-state index contributed by atoms with van der Waals surface area (Å²) in [7, 11) is 7.05. The molecule has 0 saturated heterocycles. The molecule has 0 amide bonds. The van der Waals surface area contributed by atoms with Gasteiger partial charge in [-0.1, -0.05) is 6.07 Å². The molecule has 16 heavy (non-hydrogen) atoms. The standard InChI is InChI=1S/C12H10ClNOS/c13-16-10-3-1-2-8-11(10)9(7-4-5-7)6-14-12(8)15/h1-3,6-7H,4-5H2,(H,14,15). The molecule has 0 bridgehead atoms. The van der Waals surface area contributed by atoms with Crippen molar-refractivity contribution in [2.24, 2.45) is 0 Å². The van der Waals surface area contributed by atoms with E-state index in [1.54, 1.807) is 0 Å². The fraction of sp³-hybridized carbons (Fsp3) is 0.250. The van der Waals surface area contributed by atoms with Gasteiger partial charge < -0.3 is 4.98 Å². The average molecular weight is 252 g/mol. The molecule has 1 aromatic heterocycles. The lowest BCUT2D eigenvalue weighted by atomic mass is 10.0. The summed E-state index contributed by atoms with van der Waals surface area (Å²) in [6.07, 6.45) is 4.27. The number of halogens is 1. The Bertz CT molecular complexity index is 603. The van der Waals surface area contributed by atoms with Gasteiger partial charge in [0.15, 0.2) is 0 Å². The van der Waals surface area contributed by atoms with Crippen LogP contribution in [-0.2, 0) is 0 Å². The highest BCUT2D eigenvalue weighted by Crippen LogP contribution is 2.44. The number of nitrogens with one attached hydrogen (secondary N) is 1. The summed E-state index contributed by atoms with van der Waals surface area (Å²) in [6, 6.07) is 5.70. The molecule has 1 N–H and O–H groups in total. The molecule has 1 saturated carbocycles. The van der Waals surface area contributed by atoms with Crippen LogP contribution in [0.1, 0.15) is 24.3 Å². The van der Waals surface area contributed by atoms with E-state index in [1.165, 1.54) is 29.4 Å². The Morgan fingerprint density at radius 1 is 1.38 bits per heavy atom. The minimum absolute atomic E-state index is 0.0352. The second kappa shape index (κ2) is 3.82. The zero-order valence-corrected chi connectivity index (χ0v) is 10.1. The van der Waals surface area contributed by atoms with Crippen LogP contribution in [0.5, 0.6) is 0 Å². The minimum Gasteiger partial charge on any atom is -0.328 e. The number of hydrogen-bond donors (Lipinski definition) is 1. The molecule has 0 unspecified atom stereocenters. The summed E-state index contributed by atoms with van der Waals surface area (Å²) < 4.78 is 0. The topological polar surface area (TPSA) is 32.9 Å². The molecule has 0 aliphatic heterocycles. The number of benzene rings is 1. The Hall–Kier alpha value is -0.930. The Kier molecular flexibility index (Phi) is 2.45. The lowest BCUT2D eigenvalue weighted by Crippen LogP contribution is -2.07. The van der Waals surface area contributed by atoms with Crippen LogP contribution in [0.3, 0.4) is 0 Å². The fourth-order valence-electron chi connectivity index (χ4n) is 2.09. The molecule has 1 aliphatic rings. The first-order valence-corrected chi connectivity index (χ1v) is 6.88. The zero-order chi connectivity index (χ0) is 11.1. The second-order valence-corrected chi connectivity index (χ2v) is 5.16. The van der Waals surface area contributed by atoms with E-state index in [1.807, 2.05) is 24.4 Å². The Balaban J connectivity index is 2.42. The highest BCUT2D eigenvalue weighted by Gasteiger charge is 2.26. The Morgan fingerprint density at radius 3 is 2.88 bits per heavy atom. The van der Waals surface area contributed by atoms with Gasteiger partial charge in [-0.15, -0.1) is 0 Å². The highest BCUT2D eigenvalue weighted by molar-refractivity contribution is 8.21. The van der Waals surface area contributed by atoms with Crippen molar-refractivity contribution < 1.29 is 0 Å². The molecule has 2 nitrogen and oxygen atoms in total. The maximum Gasteiger partial charge on any atom is 0.255 e. The zero-order valence-electron chi connectivity index (χ0n) is 8.50. The summed E-state index contributed by atoms with van der Waals surface area (Å²) in [4.78, 5) is 15.5. The maximum atomic E-state index is 11.7. The van der Waals surface area contributed by atoms with Gasteiger partial charge in [0.1, 0.15) is 0 Å². The van der Waals surface area contributed by atoms with Crippen molar-refractivity contribution in [1.29, 1.82) is 0 Å². The minimum atomic E-state index is -0.0352. The molecular formula is C12H10ClNOS. The quantitative estimate of drug-likeness (QED) is 0.884. The van der Waals surface area contributed by atoms with Gasteiger partial charge in [0, 0.05) is 21.9 Å². The third kappa shape index (κ3) is 1.55. The predicted octanol–water partition coefficient (Wildman–Crippen LogP) is 3.65. The van der Waals surface area contributed by atoms with Crippen molar-refractivity contribution in [3.8, 4) is 0 Å². The van der Waals surface area contributed by atoms with E-state index in [9.17, 15) is 4.79 Å². The van der Waals surface area contributed by atoms with E-state index in [4.69, 9.17) is 10.7 Å². The lowest BCUT2D eigenvalue weighted by Gasteiger charge is -2.07. The largest absolute Gasteiger partial charge is 0.328 e. The number of pyridine rings is 1. The molecular weight excluding hydrogens is 242 g/mol. The summed E-state index contributed by atoms with van der Waals surface area (Å²) in [5.74, 6) is 0.601. The van der Waals surface area contributed by atoms with Crippen molar-refractivity contribution in [2.45, 2.75) is 23.7 Å². The van der Waals surface area contributed by atoms with Crippen LogP contribution in [0, 0.1) is 0 Å². The average Bonchev–Trinajstić information content (AvgIpc) is 3.13. The number of aromatic nitrogens is 1. The molecule has 0 spiro atoms. The smallest absolute Gasteiger partial charge is 0.255 e. The van der Waals surface area contributed by atoms with Crippen molar-refractivity contribution >= 4 is 32.4 Å². The maximum absolute atomic E-state index is 11.7. The van der Waals surface area contributed by atoms with Crippen molar-refractivity contribution in [2.75, 3.05) is 0 Å². The van der Waals surface area contributed by atoms with E-state index in [0.717, 1.165) is 15.7 Å². The van der Waals surface area contributed by atoms with E-state index in [0.29, 0.717) is 5.92 Å². The van der Waals surface area contributed by atoms with E-state index in [2.05, 4.69) is 4.98 Å². The van der Waals surface area contributed by atoms with E-state index >= 15 is 0 Å². The molecule has 1 fully saturated rings. The van der Waals surface area contributed by atoms with Gasteiger partial charge in [0.25, 0.3) is 5.56 Å². The van der Waals surface area contributed by atoms with Crippen LogP contribution >= 0.6 is 21.7 Å². The summed E-state index contributed by atoms with van der Waals surface area (Å²) in [5.41, 5.74) is 1.20. The van der Waals surface area contributed by atoms with Crippen molar-refractivity contribution in [1.82, 2.24) is 4.98 Å². The Morgan fingerprint density at radius 2 is 2.19 bits per heavy atom. The normalized spacial score (nSPS) is 15.6. The van der Waals surface area contributed by atoms with Crippen LogP contribution in [0.15, 0.2) is 34.1 Å². The van der Waals surface area contributed by atoms with E-state index < -0.39 is 0 Å². The molecule has 2 aromatic rings. The first-order chi connectivity index (χ1) is 7.81. The van der Waals surface area contributed by atoms with Gasteiger partial charge in [-0.3, -0.25) is 4.79 Å². The Labute approximate surface area is 102 Å². The summed E-state index contributed by atoms with van der Waals surface area (Å²) in [6.45, 7) is 0. The van der Waals surface area contributed by atoms with Crippen molar-refractivity contribution in [3.05, 3.63) is 40.3 Å². The number of aromatic amines is 1. The molecule has 4 heteroatoms. The van der Waals surface area contributed by atoms with Gasteiger partial charge in [0.05, 0.1) is 0 Å². The van der Waals surface area contributed by atoms with Crippen LogP contribution in [0.25, 0.3) is 10.8 Å². The van der Waals surface area contributed by atoms with Crippen LogP contribution in [0.2, 0.25) is 0 Å². The monoisotopic (exact) mass is 251 g/mol. The van der Waals surface area contributed by atoms with Crippen LogP contribution in [-0.4, -0.2) is 4.98 Å². The molecule has 3 rings (SSSR count). The van der Waals surface area contributed by atoms with Gasteiger partial charge in [-0.05, 0) is 58.1 Å². The number of rotatable bonds is 2. The SMILES string of the molecule is O=c1[nH]cc(C2CC2)c2c(SCl)cccc12. The molecule has 1 aromatic carbocycles. The van der Waals surface area contributed by atoms with Crippen molar-refractivity contribution in [3.63, 3.8) is 0 Å². The lowest BCUT2D eigenvalue weighted by molar-refractivity contribution is 1.10. The van der Waals surface area contributed by atoms with E-state index in [-0.39, 0.29) is 5.56 Å². The number of fused-ring (bicyclic) bond motifs is 1. The first kappa shape index (κ1) is 10.2. The van der Waals surface area contributed by atoms with Crippen LogP contribution in [0.4, 0.5) is 0 Å². The predicted molar refractivity (Wildman–Crippen MR) is 68.3 cm³/mol. The van der Waals surface area contributed by atoms with Gasteiger partial charge in [-0.25, -0.2) is 0 Å². The molecule has 0 radical (unpaired) electrons. The summed E-state index contributed by atoms with van der Waals surface area (Å²) >= 11 is 0. The fourth-order valence-corrected chi connectivity index (χ4v) is 2.91. The molecule has 0 atom stereocenters. The second-order valence-electron chi connectivity index (χ2n) is 4.10.